The Labute approximate surface area is 52.0 Å². The van der Waals surface area contributed by atoms with E-state index in [0.29, 0.717) is 6.10 Å². The van der Waals surface area contributed by atoms with Crippen LogP contribution in [0.2, 0.25) is 0 Å². The summed E-state index contributed by atoms with van der Waals surface area (Å²) in [5.41, 5.74) is 0. The molecule has 0 N–H and O–H groups in total. The first-order valence-electron chi connectivity index (χ1n) is 3.24. The zero-order valence-electron chi connectivity index (χ0n) is 5.98. The van der Waals surface area contributed by atoms with Crippen LogP contribution in [-0.2, 0) is 4.74 Å². The van der Waals surface area contributed by atoms with Gasteiger partial charge in [0.1, 0.15) is 0 Å². The molecule has 0 fully saturated rings. The van der Waals surface area contributed by atoms with Crippen LogP contribution in [-0.4, -0.2) is 6.10 Å². The van der Waals surface area contributed by atoms with Gasteiger partial charge in [-0.15, -0.1) is 0 Å². The summed E-state index contributed by atoms with van der Waals surface area (Å²) >= 11 is 0. The predicted octanol–water partition coefficient (Wildman–Crippen LogP) is 2.37. The average Bonchev–Trinajstić information content (AvgIpc) is 1.66. The van der Waals surface area contributed by atoms with Crippen LogP contribution in [0.15, 0.2) is 0 Å². The van der Waals surface area contributed by atoms with Crippen LogP contribution in [0.1, 0.15) is 33.6 Å². The minimum Gasteiger partial charge on any atom is -0.373 e. The number of ether oxygens (including phenoxy) is 1. The van der Waals surface area contributed by atoms with Crippen LogP contribution >= 0.6 is 0 Å². The van der Waals surface area contributed by atoms with Crippen molar-refractivity contribution in [2.45, 2.75) is 39.7 Å². The van der Waals surface area contributed by atoms with Crippen molar-refractivity contribution in [1.82, 2.24) is 0 Å². The third kappa shape index (κ3) is 5.96. The minimum absolute atomic E-state index is 0.349. The van der Waals surface area contributed by atoms with Crippen molar-refractivity contribution in [2.24, 2.45) is 0 Å². The van der Waals surface area contributed by atoms with E-state index in [-0.39, 0.29) is 0 Å². The fraction of sp³-hybridized carbons (Fsp3) is 0.857. The number of unbranched alkanes of at least 4 members (excludes halogenated alkanes) is 1. The Hall–Kier alpha value is -0.0400. The van der Waals surface area contributed by atoms with E-state index in [1.165, 1.54) is 6.42 Å². The molecule has 0 saturated carbocycles. The molecule has 0 amide bonds. The van der Waals surface area contributed by atoms with E-state index in [1.54, 1.807) is 0 Å². The van der Waals surface area contributed by atoms with Crippen LogP contribution in [0.5, 0.6) is 0 Å². The molecule has 8 heavy (non-hydrogen) atoms. The highest BCUT2D eigenvalue weighted by atomic mass is 16.5. The van der Waals surface area contributed by atoms with Crippen molar-refractivity contribution < 1.29 is 4.74 Å². The molecule has 0 aliphatic heterocycles. The van der Waals surface area contributed by atoms with Crippen molar-refractivity contribution >= 4 is 0 Å². The molecule has 0 aromatic heterocycles. The number of rotatable bonds is 4. The van der Waals surface area contributed by atoms with Crippen molar-refractivity contribution in [3.63, 3.8) is 0 Å². The molecule has 1 radical (unpaired) electrons. The molecule has 0 heterocycles. The second-order valence-corrected chi connectivity index (χ2v) is 2.14. The van der Waals surface area contributed by atoms with Crippen LogP contribution in [0, 0.1) is 6.61 Å². The SMILES string of the molecule is CCC[CH]OC(C)C. The van der Waals surface area contributed by atoms with Crippen LogP contribution in [0.4, 0.5) is 0 Å². The van der Waals surface area contributed by atoms with Crippen LogP contribution in [0.25, 0.3) is 0 Å². The summed E-state index contributed by atoms with van der Waals surface area (Å²) in [6.07, 6.45) is 2.59. The van der Waals surface area contributed by atoms with Crippen LogP contribution < -0.4 is 0 Å². The summed E-state index contributed by atoms with van der Waals surface area (Å²) in [4.78, 5) is 0. The van der Waals surface area contributed by atoms with Crippen LogP contribution in [0.3, 0.4) is 0 Å². The molecule has 0 aromatic rings. The highest BCUT2D eigenvalue weighted by Crippen LogP contribution is 1.97. The molecule has 0 rings (SSSR count). The zero-order chi connectivity index (χ0) is 6.41. The van der Waals surface area contributed by atoms with Gasteiger partial charge < -0.3 is 4.74 Å². The van der Waals surface area contributed by atoms with Crippen molar-refractivity contribution in [1.29, 1.82) is 0 Å². The van der Waals surface area contributed by atoms with E-state index in [0.717, 1.165) is 6.42 Å². The fourth-order valence-electron chi connectivity index (χ4n) is 0.378. The maximum absolute atomic E-state index is 5.16. The summed E-state index contributed by atoms with van der Waals surface area (Å²) in [5.74, 6) is 0. The summed E-state index contributed by atoms with van der Waals surface area (Å²) in [7, 11) is 0. The molecule has 0 aliphatic carbocycles. The van der Waals surface area contributed by atoms with Gasteiger partial charge in [0.2, 0.25) is 0 Å². The Morgan fingerprint density at radius 3 is 2.50 bits per heavy atom. The van der Waals surface area contributed by atoms with E-state index in [9.17, 15) is 0 Å². The lowest BCUT2D eigenvalue weighted by Gasteiger charge is -2.03. The molecule has 0 unspecified atom stereocenters. The normalized spacial score (nSPS) is 10.5. The molecule has 0 atom stereocenters. The summed E-state index contributed by atoms with van der Waals surface area (Å²) < 4.78 is 5.16. The lowest BCUT2D eigenvalue weighted by atomic mass is 10.3. The lowest BCUT2D eigenvalue weighted by molar-refractivity contribution is 0.130. The van der Waals surface area contributed by atoms with Crippen molar-refractivity contribution in [3.05, 3.63) is 6.61 Å². The Balaban J connectivity index is 2.72. The Morgan fingerprint density at radius 2 is 2.12 bits per heavy atom. The molecular formula is C7H15O. The highest BCUT2D eigenvalue weighted by Gasteiger charge is 1.89. The molecule has 0 saturated heterocycles. The second-order valence-electron chi connectivity index (χ2n) is 2.14. The van der Waals surface area contributed by atoms with Gasteiger partial charge in [-0.2, -0.15) is 0 Å². The van der Waals surface area contributed by atoms with Gasteiger partial charge in [0.05, 0.1) is 12.7 Å². The van der Waals surface area contributed by atoms with E-state index in [2.05, 4.69) is 6.92 Å². The minimum atomic E-state index is 0.349. The third-order valence-electron chi connectivity index (χ3n) is 0.775. The summed E-state index contributed by atoms with van der Waals surface area (Å²) in [5, 5.41) is 0. The van der Waals surface area contributed by atoms with E-state index in [4.69, 9.17) is 4.74 Å². The van der Waals surface area contributed by atoms with Gasteiger partial charge >= 0.3 is 0 Å². The predicted molar refractivity (Wildman–Crippen MR) is 35.4 cm³/mol. The summed E-state index contributed by atoms with van der Waals surface area (Å²) in [6, 6.07) is 0. The first-order chi connectivity index (χ1) is 3.77. The Morgan fingerprint density at radius 1 is 1.50 bits per heavy atom. The van der Waals surface area contributed by atoms with E-state index < -0.39 is 0 Å². The van der Waals surface area contributed by atoms with Gasteiger partial charge in [0.15, 0.2) is 0 Å². The zero-order valence-corrected chi connectivity index (χ0v) is 5.98. The van der Waals surface area contributed by atoms with Crippen molar-refractivity contribution in [2.75, 3.05) is 0 Å². The molecule has 0 bridgehead atoms. The Bertz CT molecular complexity index is 41.7. The topological polar surface area (TPSA) is 9.23 Å². The smallest absolute Gasteiger partial charge is 0.0840 e. The fourth-order valence-corrected chi connectivity index (χ4v) is 0.378. The number of hydrogen-bond acceptors (Lipinski definition) is 1. The van der Waals surface area contributed by atoms with E-state index >= 15 is 0 Å². The first-order valence-corrected chi connectivity index (χ1v) is 3.24. The molecule has 1 heteroatoms. The van der Waals surface area contributed by atoms with Gasteiger partial charge in [-0.05, 0) is 20.3 Å². The largest absolute Gasteiger partial charge is 0.373 e. The van der Waals surface area contributed by atoms with Gasteiger partial charge in [-0.1, -0.05) is 13.3 Å². The summed E-state index contributed by atoms with van der Waals surface area (Å²) in [6.45, 7) is 8.09. The third-order valence-corrected chi connectivity index (χ3v) is 0.775. The van der Waals surface area contributed by atoms with Gasteiger partial charge in [-0.25, -0.2) is 0 Å². The molecule has 1 nitrogen and oxygen atoms in total. The number of hydrogen-bond donors (Lipinski definition) is 0. The second kappa shape index (κ2) is 5.10. The maximum Gasteiger partial charge on any atom is 0.0840 e. The van der Waals surface area contributed by atoms with E-state index in [1.807, 2.05) is 20.5 Å². The monoisotopic (exact) mass is 115 g/mol. The molecule has 0 aliphatic rings. The van der Waals surface area contributed by atoms with Gasteiger partial charge in [0.25, 0.3) is 0 Å². The van der Waals surface area contributed by atoms with Crippen molar-refractivity contribution in [3.8, 4) is 0 Å². The van der Waals surface area contributed by atoms with Gasteiger partial charge in [0, 0.05) is 0 Å². The highest BCUT2D eigenvalue weighted by molar-refractivity contribution is 4.49. The first kappa shape index (κ1) is 7.96. The average molecular weight is 115 g/mol. The Kier molecular flexibility index (Phi) is 5.08. The quantitative estimate of drug-likeness (QED) is 0.511. The molecule has 0 spiro atoms. The molecular weight excluding hydrogens is 100 g/mol. The maximum atomic E-state index is 5.16. The standard InChI is InChI=1S/C7H15O/c1-4-5-6-8-7(2)3/h6-7H,4-5H2,1-3H3. The lowest BCUT2D eigenvalue weighted by Crippen LogP contribution is -1.98. The molecule has 0 aromatic carbocycles. The van der Waals surface area contributed by atoms with Gasteiger partial charge in [-0.3, -0.25) is 0 Å². The molecule has 49 valence electrons.